The zero-order valence-electron chi connectivity index (χ0n) is 7.85. The van der Waals surface area contributed by atoms with Crippen LogP contribution in [0.4, 0.5) is 5.82 Å². The van der Waals surface area contributed by atoms with Crippen LogP contribution in [-0.2, 0) is 6.54 Å². The van der Waals surface area contributed by atoms with Crippen LogP contribution in [0.25, 0.3) is 0 Å². The number of nitrogens with one attached hydrogen (secondary N) is 1. The highest BCUT2D eigenvalue weighted by atomic mass is 15.4. The summed E-state index contributed by atoms with van der Waals surface area (Å²) in [7, 11) is 0. The SMILES string of the molecule is Nc1cccn1NCc1ccccc1. The van der Waals surface area contributed by atoms with E-state index < -0.39 is 0 Å². The first-order valence-corrected chi connectivity index (χ1v) is 4.57. The van der Waals surface area contributed by atoms with Crippen LogP contribution in [-0.4, -0.2) is 4.68 Å². The Morgan fingerprint density at radius 2 is 1.86 bits per heavy atom. The molecule has 72 valence electrons. The zero-order chi connectivity index (χ0) is 9.80. The van der Waals surface area contributed by atoms with Gasteiger partial charge in [-0.25, -0.2) is 0 Å². The van der Waals surface area contributed by atoms with Gasteiger partial charge >= 0.3 is 0 Å². The van der Waals surface area contributed by atoms with Gasteiger partial charge in [0.15, 0.2) is 0 Å². The lowest BCUT2D eigenvalue weighted by atomic mass is 10.2. The first-order valence-electron chi connectivity index (χ1n) is 4.57. The molecule has 0 unspecified atom stereocenters. The lowest BCUT2D eigenvalue weighted by Gasteiger charge is -2.09. The summed E-state index contributed by atoms with van der Waals surface area (Å²) < 4.78 is 1.81. The zero-order valence-corrected chi connectivity index (χ0v) is 7.85. The average molecular weight is 187 g/mol. The molecule has 0 saturated heterocycles. The van der Waals surface area contributed by atoms with Crippen molar-refractivity contribution in [3.05, 3.63) is 54.2 Å². The van der Waals surface area contributed by atoms with Crippen molar-refractivity contribution in [2.75, 3.05) is 11.2 Å². The summed E-state index contributed by atoms with van der Waals surface area (Å²) in [6, 6.07) is 14.0. The molecule has 2 aromatic rings. The average Bonchev–Trinajstić information content (AvgIpc) is 2.63. The molecule has 1 aromatic carbocycles. The largest absolute Gasteiger partial charge is 0.384 e. The predicted molar refractivity (Wildman–Crippen MR) is 58.4 cm³/mol. The molecule has 0 aliphatic carbocycles. The van der Waals surface area contributed by atoms with Crippen LogP contribution >= 0.6 is 0 Å². The molecule has 14 heavy (non-hydrogen) atoms. The molecule has 0 amide bonds. The number of nitrogens with zero attached hydrogens (tertiary/aromatic N) is 1. The molecule has 3 N–H and O–H groups in total. The molecule has 0 atom stereocenters. The Balaban J connectivity index is 1.99. The van der Waals surface area contributed by atoms with Gasteiger partial charge in [-0.15, -0.1) is 0 Å². The van der Waals surface area contributed by atoms with E-state index in [1.165, 1.54) is 5.56 Å². The maximum absolute atomic E-state index is 5.71. The molecule has 0 saturated carbocycles. The van der Waals surface area contributed by atoms with Crippen molar-refractivity contribution in [2.45, 2.75) is 6.54 Å². The van der Waals surface area contributed by atoms with E-state index in [0.717, 1.165) is 12.4 Å². The second-order valence-corrected chi connectivity index (χ2v) is 3.12. The van der Waals surface area contributed by atoms with Crippen molar-refractivity contribution in [1.29, 1.82) is 0 Å². The fraction of sp³-hybridized carbons (Fsp3) is 0.0909. The maximum Gasteiger partial charge on any atom is 0.122 e. The van der Waals surface area contributed by atoms with Crippen molar-refractivity contribution >= 4 is 5.82 Å². The molecule has 3 nitrogen and oxygen atoms in total. The highest BCUT2D eigenvalue weighted by Gasteiger charge is 1.94. The van der Waals surface area contributed by atoms with E-state index in [1.807, 2.05) is 41.2 Å². The lowest BCUT2D eigenvalue weighted by Crippen LogP contribution is -2.15. The van der Waals surface area contributed by atoms with Gasteiger partial charge in [0.2, 0.25) is 0 Å². The van der Waals surface area contributed by atoms with Crippen LogP contribution in [0.5, 0.6) is 0 Å². The molecule has 2 rings (SSSR count). The van der Waals surface area contributed by atoms with Gasteiger partial charge in [0.05, 0.1) is 6.54 Å². The Kier molecular flexibility index (Phi) is 2.40. The molecular weight excluding hydrogens is 174 g/mol. The summed E-state index contributed by atoms with van der Waals surface area (Å²) in [5.74, 6) is 0.723. The molecule has 0 spiro atoms. The number of nitrogens with two attached hydrogens (primary N) is 1. The van der Waals surface area contributed by atoms with Gasteiger partial charge in [-0.1, -0.05) is 30.3 Å². The van der Waals surface area contributed by atoms with E-state index in [1.54, 1.807) is 0 Å². The summed E-state index contributed by atoms with van der Waals surface area (Å²) in [5, 5.41) is 0. The molecule has 1 aromatic heterocycles. The van der Waals surface area contributed by atoms with E-state index in [2.05, 4.69) is 17.6 Å². The molecule has 0 aliphatic heterocycles. The van der Waals surface area contributed by atoms with Crippen molar-refractivity contribution < 1.29 is 0 Å². The first-order chi connectivity index (χ1) is 6.86. The first kappa shape index (κ1) is 8.69. The van der Waals surface area contributed by atoms with Gasteiger partial charge in [0.25, 0.3) is 0 Å². The van der Waals surface area contributed by atoms with E-state index in [0.29, 0.717) is 0 Å². The highest BCUT2D eigenvalue weighted by Crippen LogP contribution is 2.03. The smallest absolute Gasteiger partial charge is 0.122 e. The molecule has 0 aliphatic rings. The second-order valence-electron chi connectivity index (χ2n) is 3.12. The fourth-order valence-corrected chi connectivity index (χ4v) is 1.31. The second kappa shape index (κ2) is 3.87. The highest BCUT2D eigenvalue weighted by molar-refractivity contribution is 5.31. The summed E-state index contributed by atoms with van der Waals surface area (Å²) in [5.41, 5.74) is 10.1. The van der Waals surface area contributed by atoms with Crippen LogP contribution in [0.1, 0.15) is 5.56 Å². The Bertz CT molecular complexity index is 392. The molecule has 3 heteroatoms. The van der Waals surface area contributed by atoms with E-state index in [4.69, 9.17) is 5.73 Å². The Morgan fingerprint density at radius 1 is 1.07 bits per heavy atom. The number of anilines is 1. The number of hydrogen-bond acceptors (Lipinski definition) is 2. The van der Waals surface area contributed by atoms with Crippen molar-refractivity contribution in [2.24, 2.45) is 0 Å². The molecule has 1 heterocycles. The normalized spacial score (nSPS) is 10.0. The van der Waals surface area contributed by atoms with Crippen LogP contribution in [0, 0.1) is 0 Å². The number of hydrogen-bond donors (Lipinski definition) is 2. The third-order valence-corrected chi connectivity index (χ3v) is 2.08. The van der Waals surface area contributed by atoms with E-state index >= 15 is 0 Å². The molecule has 0 bridgehead atoms. The minimum absolute atomic E-state index is 0.723. The number of benzene rings is 1. The van der Waals surface area contributed by atoms with Gasteiger partial charge in [0.1, 0.15) is 5.82 Å². The Labute approximate surface area is 83.1 Å². The fourth-order valence-electron chi connectivity index (χ4n) is 1.31. The molecule has 0 fully saturated rings. The summed E-state index contributed by atoms with van der Waals surface area (Å²) in [6.07, 6.45) is 1.90. The van der Waals surface area contributed by atoms with Crippen LogP contribution < -0.4 is 11.2 Å². The molecular formula is C11H13N3. The van der Waals surface area contributed by atoms with Gasteiger partial charge in [-0.2, -0.15) is 0 Å². The van der Waals surface area contributed by atoms with E-state index in [9.17, 15) is 0 Å². The van der Waals surface area contributed by atoms with Crippen LogP contribution in [0.3, 0.4) is 0 Å². The Hall–Kier alpha value is -1.90. The molecule has 0 radical (unpaired) electrons. The number of rotatable bonds is 3. The van der Waals surface area contributed by atoms with Crippen LogP contribution in [0.15, 0.2) is 48.7 Å². The van der Waals surface area contributed by atoms with Gasteiger partial charge in [-0.3, -0.25) is 4.68 Å². The maximum atomic E-state index is 5.71. The monoisotopic (exact) mass is 187 g/mol. The topological polar surface area (TPSA) is 43.0 Å². The third kappa shape index (κ3) is 1.88. The standard InChI is InChI=1S/C11H13N3/c12-11-7-4-8-14(11)13-9-10-5-2-1-3-6-10/h1-8,13H,9,12H2. The minimum Gasteiger partial charge on any atom is -0.384 e. The minimum atomic E-state index is 0.723. The van der Waals surface area contributed by atoms with Gasteiger partial charge in [-0.05, 0) is 17.7 Å². The van der Waals surface area contributed by atoms with Crippen LogP contribution in [0.2, 0.25) is 0 Å². The summed E-state index contributed by atoms with van der Waals surface area (Å²) >= 11 is 0. The summed E-state index contributed by atoms with van der Waals surface area (Å²) in [6.45, 7) is 0.777. The van der Waals surface area contributed by atoms with Gasteiger partial charge in [0, 0.05) is 6.20 Å². The number of nitrogen functional groups attached to an aromatic ring is 1. The Morgan fingerprint density at radius 3 is 2.50 bits per heavy atom. The predicted octanol–water partition coefficient (Wildman–Crippen LogP) is 1.81. The van der Waals surface area contributed by atoms with E-state index in [-0.39, 0.29) is 0 Å². The van der Waals surface area contributed by atoms with Crippen molar-refractivity contribution in [3.63, 3.8) is 0 Å². The van der Waals surface area contributed by atoms with Crippen molar-refractivity contribution in [3.8, 4) is 0 Å². The lowest BCUT2D eigenvalue weighted by molar-refractivity contribution is 0.857. The van der Waals surface area contributed by atoms with Gasteiger partial charge < -0.3 is 11.2 Å². The third-order valence-electron chi connectivity index (χ3n) is 2.08. The number of aromatic nitrogens is 1. The summed E-state index contributed by atoms with van der Waals surface area (Å²) in [4.78, 5) is 0. The quantitative estimate of drug-likeness (QED) is 0.769. The van der Waals surface area contributed by atoms with Crippen molar-refractivity contribution in [1.82, 2.24) is 4.68 Å².